The molecule has 2 rings (SSSR count). The van der Waals surface area contributed by atoms with E-state index in [-0.39, 0.29) is 0 Å². The summed E-state index contributed by atoms with van der Waals surface area (Å²) in [6, 6.07) is 5.14. The molecule has 0 fully saturated rings. The molecule has 0 aromatic heterocycles. The maximum atomic E-state index is 12.5. The summed E-state index contributed by atoms with van der Waals surface area (Å²) in [6.07, 6.45) is -3.27. The Hall–Kier alpha value is -1.72. The lowest BCUT2D eigenvalue weighted by molar-refractivity contribution is -0.186. The predicted molar refractivity (Wildman–Crippen MR) is 67.6 cm³/mol. The molecule has 0 saturated heterocycles. The van der Waals surface area contributed by atoms with E-state index in [1.54, 1.807) is 6.07 Å². The molecule has 1 atom stereocenters. The number of hydrogen-bond acceptors (Lipinski definition) is 2. The van der Waals surface area contributed by atoms with Gasteiger partial charge in [0, 0.05) is 13.1 Å². The van der Waals surface area contributed by atoms with E-state index in [9.17, 15) is 18.0 Å². The molecule has 0 aliphatic heterocycles. The van der Waals surface area contributed by atoms with Crippen LogP contribution in [0.15, 0.2) is 18.2 Å². The first kappa shape index (κ1) is 14.7. The van der Waals surface area contributed by atoms with Gasteiger partial charge >= 0.3 is 12.1 Å². The van der Waals surface area contributed by atoms with Gasteiger partial charge in [-0.25, -0.2) is 0 Å². The van der Waals surface area contributed by atoms with Gasteiger partial charge in [0.15, 0.2) is 0 Å². The Morgan fingerprint density at radius 1 is 1.40 bits per heavy atom. The van der Waals surface area contributed by atoms with Crippen molar-refractivity contribution in [1.82, 2.24) is 4.90 Å². The van der Waals surface area contributed by atoms with E-state index >= 15 is 0 Å². The van der Waals surface area contributed by atoms with E-state index < -0.39 is 18.1 Å². The Bertz CT molecular complexity index is 499. The van der Waals surface area contributed by atoms with Crippen molar-refractivity contribution in [2.45, 2.75) is 31.5 Å². The first-order valence-corrected chi connectivity index (χ1v) is 6.33. The van der Waals surface area contributed by atoms with Crippen molar-refractivity contribution in [2.24, 2.45) is 0 Å². The zero-order valence-electron chi connectivity index (χ0n) is 11.3. The molecule has 6 heteroatoms. The number of nitrogens with zero attached hydrogens (tertiary/aromatic N) is 1. The van der Waals surface area contributed by atoms with Crippen molar-refractivity contribution in [3.8, 4) is 5.75 Å². The second kappa shape index (κ2) is 5.34. The SMILES string of the molecule is COc1cccc2c1CC(N(C)C(=O)C(F)(F)F)CC2. The predicted octanol–water partition coefficient (Wildman–Crippen LogP) is 2.57. The minimum Gasteiger partial charge on any atom is -0.496 e. The molecule has 0 saturated carbocycles. The molecule has 1 aliphatic carbocycles. The number of alkyl halides is 3. The van der Waals surface area contributed by atoms with Crippen LogP contribution in [0.25, 0.3) is 0 Å². The van der Waals surface area contributed by atoms with Crippen molar-refractivity contribution in [2.75, 3.05) is 14.2 Å². The van der Waals surface area contributed by atoms with Crippen LogP contribution in [0.2, 0.25) is 0 Å². The molecule has 110 valence electrons. The summed E-state index contributed by atoms with van der Waals surface area (Å²) in [6.45, 7) is 0. The lowest BCUT2D eigenvalue weighted by Crippen LogP contribution is -2.46. The fourth-order valence-electron chi connectivity index (χ4n) is 2.62. The van der Waals surface area contributed by atoms with Gasteiger partial charge in [-0.1, -0.05) is 12.1 Å². The molecule has 0 heterocycles. The molecular formula is C14H16F3NO2. The average molecular weight is 287 g/mol. The van der Waals surface area contributed by atoms with Crippen LogP contribution >= 0.6 is 0 Å². The number of fused-ring (bicyclic) bond motifs is 1. The third-order valence-electron chi connectivity index (χ3n) is 3.75. The van der Waals surface area contributed by atoms with Gasteiger partial charge < -0.3 is 9.64 Å². The molecule has 3 nitrogen and oxygen atoms in total. The van der Waals surface area contributed by atoms with E-state index in [1.165, 1.54) is 14.2 Å². The van der Waals surface area contributed by atoms with E-state index in [1.807, 2.05) is 12.1 Å². The van der Waals surface area contributed by atoms with Crippen molar-refractivity contribution >= 4 is 5.91 Å². The number of rotatable bonds is 2. The summed E-state index contributed by atoms with van der Waals surface area (Å²) < 4.78 is 42.7. The highest BCUT2D eigenvalue weighted by molar-refractivity contribution is 5.82. The molecule has 1 aromatic carbocycles. The lowest BCUT2D eigenvalue weighted by Gasteiger charge is -2.33. The summed E-state index contributed by atoms with van der Waals surface area (Å²) in [5, 5.41) is 0. The first-order valence-electron chi connectivity index (χ1n) is 6.33. The van der Waals surface area contributed by atoms with Crippen LogP contribution in [-0.2, 0) is 17.6 Å². The van der Waals surface area contributed by atoms with Gasteiger partial charge in [-0.05, 0) is 36.5 Å². The molecule has 1 aromatic rings. The Labute approximate surface area is 115 Å². The summed E-state index contributed by atoms with van der Waals surface area (Å²) in [7, 11) is 2.74. The largest absolute Gasteiger partial charge is 0.496 e. The normalized spacial score (nSPS) is 18.4. The fraction of sp³-hybridized carbons (Fsp3) is 0.500. The van der Waals surface area contributed by atoms with E-state index in [4.69, 9.17) is 4.74 Å². The van der Waals surface area contributed by atoms with Crippen LogP contribution in [0.1, 0.15) is 17.5 Å². The summed E-state index contributed by atoms with van der Waals surface area (Å²) >= 11 is 0. The zero-order valence-corrected chi connectivity index (χ0v) is 11.3. The van der Waals surface area contributed by atoms with Crippen LogP contribution in [0.5, 0.6) is 5.75 Å². The van der Waals surface area contributed by atoms with Gasteiger partial charge in [0.1, 0.15) is 5.75 Å². The van der Waals surface area contributed by atoms with Crippen LogP contribution in [0.3, 0.4) is 0 Å². The maximum Gasteiger partial charge on any atom is 0.471 e. The average Bonchev–Trinajstić information content (AvgIpc) is 2.43. The van der Waals surface area contributed by atoms with Gasteiger partial charge in [-0.3, -0.25) is 4.79 Å². The quantitative estimate of drug-likeness (QED) is 0.836. The Morgan fingerprint density at radius 2 is 2.10 bits per heavy atom. The van der Waals surface area contributed by atoms with Crippen molar-refractivity contribution in [3.05, 3.63) is 29.3 Å². The highest BCUT2D eigenvalue weighted by Crippen LogP contribution is 2.32. The molecular weight excluding hydrogens is 271 g/mol. The number of likely N-dealkylation sites (N-methyl/N-ethyl adjacent to an activating group) is 1. The molecule has 0 N–H and O–H groups in total. The molecule has 1 unspecified atom stereocenters. The lowest BCUT2D eigenvalue weighted by atomic mass is 9.87. The molecule has 0 bridgehead atoms. The number of hydrogen-bond donors (Lipinski definition) is 0. The highest BCUT2D eigenvalue weighted by atomic mass is 19.4. The third kappa shape index (κ3) is 2.73. The van der Waals surface area contributed by atoms with Gasteiger partial charge in [0.25, 0.3) is 0 Å². The Morgan fingerprint density at radius 3 is 2.70 bits per heavy atom. The number of benzene rings is 1. The van der Waals surface area contributed by atoms with Crippen molar-refractivity contribution in [3.63, 3.8) is 0 Å². The number of ether oxygens (including phenoxy) is 1. The second-order valence-electron chi connectivity index (χ2n) is 4.91. The Balaban J connectivity index is 2.21. The van der Waals surface area contributed by atoms with Gasteiger partial charge in [-0.2, -0.15) is 13.2 Å². The van der Waals surface area contributed by atoms with Crippen LogP contribution < -0.4 is 4.74 Å². The number of amides is 1. The molecule has 20 heavy (non-hydrogen) atoms. The van der Waals surface area contributed by atoms with E-state index in [2.05, 4.69) is 0 Å². The Kier molecular flexibility index (Phi) is 3.92. The fourth-order valence-corrected chi connectivity index (χ4v) is 2.62. The smallest absolute Gasteiger partial charge is 0.471 e. The number of carbonyl (C=O) groups excluding carboxylic acids is 1. The maximum absolute atomic E-state index is 12.5. The molecule has 1 aliphatic rings. The van der Waals surface area contributed by atoms with Gasteiger partial charge in [-0.15, -0.1) is 0 Å². The summed E-state index contributed by atoms with van der Waals surface area (Å²) in [4.78, 5) is 12.1. The molecule has 0 spiro atoms. The number of methoxy groups -OCH3 is 1. The number of carbonyl (C=O) groups is 1. The topological polar surface area (TPSA) is 29.5 Å². The van der Waals surface area contributed by atoms with E-state index in [0.717, 1.165) is 16.0 Å². The first-order chi connectivity index (χ1) is 9.34. The monoisotopic (exact) mass is 287 g/mol. The second-order valence-corrected chi connectivity index (χ2v) is 4.91. The zero-order chi connectivity index (χ0) is 14.9. The summed E-state index contributed by atoms with van der Waals surface area (Å²) in [5.41, 5.74) is 1.97. The van der Waals surface area contributed by atoms with E-state index in [0.29, 0.717) is 25.0 Å². The highest BCUT2D eigenvalue weighted by Gasteiger charge is 2.43. The van der Waals surface area contributed by atoms with Gasteiger partial charge in [0.05, 0.1) is 7.11 Å². The minimum atomic E-state index is -4.82. The molecule has 1 amide bonds. The van der Waals surface area contributed by atoms with Crippen molar-refractivity contribution < 1.29 is 22.7 Å². The number of halogens is 3. The minimum absolute atomic E-state index is 0.387. The number of aryl methyl sites for hydroxylation is 1. The summed E-state index contributed by atoms with van der Waals surface area (Å²) in [5.74, 6) is -1.12. The van der Waals surface area contributed by atoms with Gasteiger partial charge in [0.2, 0.25) is 0 Å². The third-order valence-corrected chi connectivity index (χ3v) is 3.75. The standard InChI is InChI=1S/C14H16F3NO2/c1-18(13(19)14(15,16)17)10-7-6-9-4-3-5-12(20-2)11(9)8-10/h3-5,10H,6-8H2,1-2H3. The van der Waals surface area contributed by atoms with Crippen LogP contribution in [-0.4, -0.2) is 37.2 Å². The van der Waals surface area contributed by atoms with Crippen molar-refractivity contribution in [1.29, 1.82) is 0 Å². The van der Waals surface area contributed by atoms with Crippen LogP contribution in [0.4, 0.5) is 13.2 Å². The van der Waals surface area contributed by atoms with Crippen LogP contribution in [0, 0.1) is 0 Å². The molecule has 0 radical (unpaired) electrons.